The maximum Gasteiger partial charge on any atom is 0.328 e. The van der Waals surface area contributed by atoms with E-state index in [-0.39, 0.29) is 5.69 Å². The number of hydrogen-bond donors (Lipinski definition) is 1. The van der Waals surface area contributed by atoms with E-state index < -0.39 is 0 Å². The first-order valence-corrected chi connectivity index (χ1v) is 10.2. The average molecular weight is 403 g/mol. The van der Waals surface area contributed by atoms with Crippen LogP contribution in [0, 0.1) is 0 Å². The fourth-order valence-corrected chi connectivity index (χ4v) is 3.65. The van der Waals surface area contributed by atoms with Gasteiger partial charge in [-0.25, -0.2) is 4.79 Å². The van der Waals surface area contributed by atoms with Crippen LogP contribution in [0.2, 0.25) is 0 Å². The monoisotopic (exact) mass is 403 g/mol. The number of aromatic amines is 1. The maximum atomic E-state index is 12.6. The minimum atomic E-state index is 0.0252. The number of imidazole rings is 1. The highest BCUT2D eigenvalue weighted by atomic mass is 16.1. The first-order valence-electron chi connectivity index (χ1n) is 10.2. The predicted molar refractivity (Wildman–Crippen MR) is 115 cm³/mol. The molecule has 0 saturated heterocycles. The summed E-state index contributed by atoms with van der Waals surface area (Å²) >= 11 is 0. The molecule has 3 heterocycles. The molecule has 154 valence electrons. The smallest absolute Gasteiger partial charge is 0.302 e. The number of benzene rings is 1. The van der Waals surface area contributed by atoms with Gasteiger partial charge in [0, 0.05) is 42.5 Å². The van der Waals surface area contributed by atoms with Crippen molar-refractivity contribution >= 4 is 0 Å². The minimum absolute atomic E-state index is 0.0252. The molecule has 0 bridgehead atoms. The van der Waals surface area contributed by atoms with Crippen molar-refractivity contribution in [3.8, 4) is 22.5 Å². The topological polar surface area (TPSA) is 94.3 Å². The SMILES string of the molecule is CCCCCc1cn(C)c(=O)n1Cc1ccc(-c2cnccc2-c2nn[nH]n2)cc1. The number of nitrogens with zero attached hydrogens (tertiary/aromatic N) is 6. The van der Waals surface area contributed by atoms with Crippen molar-refractivity contribution in [3.05, 3.63) is 70.7 Å². The summed E-state index contributed by atoms with van der Waals surface area (Å²) in [4.78, 5) is 16.8. The van der Waals surface area contributed by atoms with Gasteiger partial charge in [-0.15, -0.1) is 10.2 Å². The fourth-order valence-electron chi connectivity index (χ4n) is 3.65. The van der Waals surface area contributed by atoms with Crippen LogP contribution in [0.25, 0.3) is 22.5 Å². The molecule has 0 spiro atoms. The second kappa shape index (κ2) is 8.86. The van der Waals surface area contributed by atoms with Gasteiger partial charge in [-0.2, -0.15) is 5.21 Å². The van der Waals surface area contributed by atoms with E-state index in [9.17, 15) is 4.79 Å². The van der Waals surface area contributed by atoms with Gasteiger partial charge in [-0.3, -0.25) is 9.55 Å². The highest BCUT2D eigenvalue weighted by molar-refractivity contribution is 5.79. The molecule has 4 aromatic rings. The largest absolute Gasteiger partial charge is 0.328 e. The quantitative estimate of drug-likeness (QED) is 0.456. The van der Waals surface area contributed by atoms with Crippen molar-refractivity contribution in [2.24, 2.45) is 7.05 Å². The summed E-state index contributed by atoms with van der Waals surface area (Å²) in [5, 5.41) is 14.3. The third-order valence-corrected chi connectivity index (χ3v) is 5.27. The molecule has 30 heavy (non-hydrogen) atoms. The number of aromatic nitrogens is 7. The Morgan fingerprint density at radius 1 is 1.07 bits per heavy atom. The summed E-state index contributed by atoms with van der Waals surface area (Å²) < 4.78 is 3.54. The van der Waals surface area contributed by atoms with Gasteiger partial charge in [-0.1, -0.05) is 44.0 Å². The maximum absolute atomic E-state index is 12.6. The lowest BCUT2D eigenvalue weighted by molar-refractivity contribution is 0.649. The summed E-state index contributed by atoms with van der Waals surface area (Å²) in [5.74, 6) is 0.532. The molecule has 8 heteroatoms. The Bertz CT molecular complexity index is 1160. The van der Waals surface area contributed by atoms with E-state index in [1.165, 1.54) is 12.8 Å². The number of hydrogen-bond acceptors (Lipinski definition) is 5. The zero-order valence-electron chi connectivity index (χ0n) is 17.2. The summed E-state index contributed by atoms with van der Waals surface area (Å²) in [6.07, 6.45) is 9.83. The summed E-state index contributed by atoms with van der Waals surface area (Å²) in [5.41, 5.74) is 5.00. The van der Waals surface area contributed by atoms with Crippen LogP contribution in [0.1, 0.15) is 37.4 Å². The third kappa shape index (κ3) is 4.07. The van der Waals surface area contributed by atoms with Crippen LogP contribution in [0.3, 0.4) is 0 Å². The van der Waals surface area contributed by atoms with Crippen LogP contribution in [0.5, 0.6) is 0 Å². The lowest BCUT2D eigenvalue weighted by Crippen LogP contribution is -2.23. The number of nitrogens with one attached hydrogen (secondary N) is 1. The van der Waals surface area contributed by atoms with Crippen molar-refractivity contribution < 1.29 is 0 Å². The van der Waals surface area contributed by atoms with E-state index in [4.69, 9.17) is 0 Å². The zero-order valence-corrected chi connectivity index (χ0v) is 17.2. The van der Waals surface area contributed by atoms with Gasteiger partial charge >= 0.3 is 5.69 Å². The molecule has 0 aliphatic carbocycles. The fraction of sp³-hybridized carbons (Fsp3) is 0.318. The average Bonchev–Trinajstić information content (AvgIpc) is 3.39. The first kappa shape index (κ1) is 19.8. The van der Waals surface area contributed by atoms with Gasteiger partial charge < -0.3 is 4.57 Å². The van der Waals surface area contributed by atoms with E-state index in [0.29, 0.717) is 12.4 Å². The highest BCUT2D eigenvalue weighted by Gasteiger charge is 2.13. The lowest BCUT2D eigenvalue weighted by atomic mass is 10.0. The van der Waals surface area contributed by atoms with Gasteiger partial charge in [0.1, 0.15) is 0 Å². The number of unbranched alkanes of at least 4 members (excludes halogenated alkanes) is 2. The molecule has 0 amide bonds. The summed E-state index contributed by atoms with van der Waals surface area (Å²) in [6.45, 7) is 2.75. The second-order valence-electron chi connectivity index (χ2n) is 7.41. The standard InChI is InChI=1S/C22H25N7O/c1-3-4-5-6-18-15-28(2)22(30)29(18)14-16-7-9-17(10-8-16)20-13-23-12-11-19(20)21-24-26-27-25-21/h7-13,15H,3-6,14H2,1-2H3,(H,24,25,26,27). The Morgan fingerprint density at radius 3 is 2.63 bits per heavy atom. The Balaban J connectivity index is 1.59. The number of pyridine rings is 1. The Labute approximate surface area is 174 Å². The molecule has 0 aliphatic rings. The van der Waals surface area contributed by atoms with Crippen LogP contribution in [-0.2, 0) is 20.0 Å². The molecule has 0 atom stereocenters. The molecule has 0 radical (unpaired) electrons. The molecular weight excluding hydrogens is 378 g/mol. The van der Waals surface area contributed by atoms with Crippen molar-refractivity contribution in [1.29, 1.82) is 0 Å². The number of aryl methyl sites for hydroxylation is 2. The van der Waals surface area contributed by atoms with Crippen LogP contribution in [-0.4, -0.2) is 34.7 Å². The van der Waals surface area contributed by atoms with Gasteiger partial charge in [0.15, 0.2) is 0 Å². The van der Waals surface area contributed by atoms with Crippen molar-refractivity contribution in [2.75, 3.05) is 0 Å². The summed E-state index contributed by atoms with van der Waals surface area (Å²) in [7, 11) is 1.81. The van der Waals surface area contributed by atoms with Crippen molar-refractivity contribution in [1.82, 2.24) is 34.7 Å². The highest BCUT2D eigenvalue weighted by Crippen LogP contribution is 2.29. The molecule has 0 fully saturated rings. The number of tetrazole rings is 1. The summed E-state index contributed by atoms with van der Waals surface area (Å²) in [6, 6.07) is 10.1. The van der Waals surface area contributed by atoms with Gasteiger partial charge in [0.25, 0.3) is 0 Å². The van der Waals surface area contributed by atoms with E-state index in [0.717, 1.165) is 40.8 Å². The Kier molecular flexibility index (Phi) is 5.83. The van der Waals surface area contributed by atoms with E-state index in [1.54, 1.807) is 17.0 Å². The molecule has 0 unspecified atom stereocenters. The van der Waals surface area contributed by atoms with Crippen molar-refractivity contribution in [3.63, 3.8) is 0 Å². The molecule has 8 nitrogen and oxygen atoms in total. The van der Waals surface area contributed by atoms with Crippen molar-refractivity contribution in [2.45, 2.75) is 39.2 Å². The molecular formula is C22H25N7O. The Morgan fingerprint density at radius 2 is 1.90 bits per heavy atom. The normalized spacial score (nSPS) is 11.1. The predicted octanol–water partition coefficient (Wildman–Crippen LogP) is 3.21. The molecule has 4 rings (SSSR count). The number of H-pyrrole nitrogens is 1. The Hall–Kier alpha value is -3.55. The number of rotatable bonds is 8. The van der Waals surface area contributed by atoms with Crippen LogP contribution >= 0.6 is 0 Å². The van der Waals surface area contributed by atoms with Gasteiger partial charge in [0.2, 0.25) is 5.82 Å². The molecule has 3 aromatic heterocycles. The van der Waals surface area contributed by atoms with Gasteiger partial charge in [-0.05, 0) is 35.2 Å². The molecule has 0 saturated carbocycles. The second-order valence-corrected chi connectivity index (χ2v) is 7.41. The minimum Gasteiger partial charge on any atom is -0.302 e. The zero-order chi connectivity index (χ0) is 20.9. The van der Waals surface area contributed by atoms with E-state index in [2.05, 4.69) is 44.7 Å². The van der Waals surface area contributed by atoms with Crippen LogP contribution in [0.15, 0.2) is 53.7 Å². The first-order chi connectivity index (χ1) is 14.7. The van der Waals surface area contributed by atoms with Crippen LogP contribution < -0.4 is 5.69 Å². The van der Waals surface area contributed by atoms with Crippen LogP contribution in [0.4, 0.5) is 0 Å². The molecule has 1 aromatic carbocycles. The third-order valence-electron chi connectivity index (χ3n) is 5.27. The van der Waals surface area contributed by atoms with E-state index >= 15 is 0 Å². The lowest BCUT2D eigenvalue weighted by Gasteiger charge is -2.10. The van der Waals surface area contributed by atoms with Gasteiger partial charge in [0.05, 0.1) is 6.54 Å². The van der Waals surface area contributed by atoms with E-state index in [1.807, 2.05) is 36.0 Å². The molecule has 1 N–H and O–H groups in total. The molecule has 0 aliphatic heterocycles.